The van der Waals surface area contributed by atoms with Crippen molar-refractivity contribution in [2.45, 2.75) is 74.6 Å². The molecule has 0 fully saturated rings. The number of thioether (sulfide) groups is 2. The first-order valence-corrected chi connectivity index (χ1v) is 14.1. The fraction of sp³-hybridized carbons (Fsp3) is 0.464. The standard InChI is InChI=1S/C28H39N3O3S2/c1-20(2)30-25(33)24(27(3,4)35-18-21-13-9-7-10-14-21)31(23(32)17-29)26(34)28(5,6)36-19-22-15-11-8-12-16-22/h7-16,20,24H,17-19,29H2,1-6H3,(H,30,33)/t24-/m0/s1. The van der Waals surface area contributed by atoms with E-state index in [1.807, 2.05) is 88.4 Å². The van der Waals surface area contributed by atoms with Crippen molar-refractivity contribution in [2.75, 3.05) is 6.54 Å². The minimum atomic E-state index is -1.03. The zero-order chi connectivity index (χ0) is 26.9. The van der Waals surface area contributed by atoms with Gasteiger partial charge in [0.15, 0.2) is 0 Å². The van der Waals surface area contributed by atoms with Gasteiger partial charge >= 0.3 is 0 Å². The summed E-state index contributed by atoms with van der Waals surface area (Å²) in [6.45, 7) is 10.7. The van der Waals surface area contributed by atoms with Crippen LogP contribution in [0.15, 0.2) is 60.7 Å². The van der Waals surface area contributed by atoms with Crippen LogP contribution in [0, 0.1) is 0 Å². The molecular formula is C28H39N3O3S2. The molecular weight excluding hydrogens is 490 g/mol. The molecule has 0 aliphatic rings. The van der Waals surface area contributed by atoms with E-state index in [9.17, 15) is 14.4 Å². The van der Waals surface area contributed by atoms with Crippen LogP contribution in [0.2, 0.25) is 0 Å². The Morgan fingerprint density at radius 3 is 1.78 bits per heavy atom. The van der Waals surface area contributed by atoms with Crippen molar-refractivity contribution in [3.8, 4) is 0 Å². The van der Waals surface area contributed by atoms with Gasteiger partial charge < -0.3 is 11.1 Å². The third kappa shape index (κ3) is 8.39. The largest absolute Gasteiger partial charge is 0.352 e. The molecule has 1 atom stereocenters. The summed E-state index contributed by atoms with van der Waals surface area (Å²) in [5, 5.41) is 2.92. The zero-order valence-corrected chi connectivity index (χ0v) is 23.7. The Morgan fingerprint density at radius 1 is 0.861 bits per heavy atom. The van der Waals surface area contributed by atoms with Crippen LogP contribution in [0.25, 0.3) is 0 Å². The molecule has 0 unspecified atom stereocenters. The van der Waals surface area contributed by atoms with Crippen LogP contribution >= 0.6 is 23.5 Å². The zero-order valence-electron chi connectivity index (χ0n) is 22.1. The number of rotatable bonds is 12. The lowest BCUT2D eigenvalue weighted by Gasteiger charge is -2.42. The number of carbonyl (C=O) groups is 3. The lowest BCUT2D eigenvalue weighted by atomic mass is 9.97. The van der Waals surface area contributed by atoms with Crippen molar-refractivity contribution >= 4 is 41.2 Å². The van der Waals surface area contributed by atoms with Gasteiger partial charge in [-0.15, -0.1) is 23.5 Å². The second kappa shape index (κ2) is 13.3. The van der Waals surface area contributed by atoms with Crippen molar-refractivity contribution in [1.82, 2.24) is 10.2 Å². The van der Waals surface area contributed by atoms with E-state index < -0.39 is 27.4 Å². The molecule has 0 saturated carbocycles. The van der Waals surface area contributed by atoms with Crippen molar-refractivity contribution in [1.29, 1.82) is 0 Å². The van der Waals surface area contributed by atoms with Crippen LogP contribution < -0.4 is 11.1 Å². The van der Waals surface area contributed by atoms with Crippen LogP contribution in [0.1, 0.15) is 52.7 Å². The lowest BCUT2D eigenvalue weighted by Crippen LogP contribution is -2.64. The molecule has 196 valence electrons. The molecule has 3 N–H and O–H groups in total. The van der Waals surface area contributed by atoms with E-state index in [0.29, 0.717) is 11.5 Å². The third-order valence-electron chi connectivity index (χ3n) is 5.67. The van der Waals surface area contributed by atoms with Gasteiger partial charge in [0, 0.05) is 22.3 Å². The lowest BCUT2D eigenvalue weighted by molar-refractivity contribution is -0.153. The first kappa shape index (κ1) is 29.9. The van der Waals surface area contributed by atoms with Crippen LogP contribution in [-0.2, 0) is 25.9 Å². The molecule has 0 aliphatic carbocycles. The van der Waals surface area contributed by atoms with Crippen LogP contribution in [0.4, 0.5) is 0 Å². The highest BCUT2D eigenvalue weighted by atomic mass is 32.2. The van der Waals surface area contributed by atoms with Crippen molar-refractivity contribution in [3.05, 3.63) is 71.8 Å². The molecule has 0 bridgehead atoms. The molecule has 6 nitrogen and oxygen atoms in total. The molecule has 36 heavy (non-hydrogen) atoms. The number of nitrogens with two attached hydrogens (primary N) is 1. The molecule has 0 spiro atoms. The number of imide groups is 1. The Bertz CT molecular complexity index is 1010. The molecule has 3 amide bonds. The molecule has 0 radical (unpaired) electrons. The van der Waals surface area contributed by atoms with Gasteiger partial charge in [0.1, 0.15) is 6.04 Å². The van der Waals surface area contributed by atoms with Gasteiger partial charge in [0.2, 0.25) is 17.7 Å². The molecule has 2 aromatic carbocycles. The van der Waals surface area contributed by atoms with E-state index in [2.05, 4.69) is 5.32 Å². The maximum atomic E-state index is 14.0. The average molecular weight is 530 g/mol. The Hall–Kier alpha value is -2.29. The van der Waals surface area contributed by atoms with Gasteiger partial charge in [-0.25, -0.2) is 0 Å². The maximum absolute atomic E-state index is 14.0. The molecule has 0 heterocycles. The molecule has 0 saturated heterocycles. The number of hydrogen-bond acceptors (Lipinski definition) is 6. The first-order chi connectivity index (χ1) is 16.9. The fourth-order valence-corrected chi connectivity index (χ4v) is 5.74. The molecule has 8 heteroatoms. The van der Waals surface area contributed by atoms with Crippen molar-refractivity contribution in [3.63, 3.8) is 0 Å². The summed E-state index contributed by atoms with van der Waals surface area (Å²) in [7, 11) is 0. The summed E-state index contributed by atoms with van der Waals surface area (Å²) in [6, 6.07) is 18.6. The highest BCUT2D eigenvalue weighted by Gasteiger charge is 2.48. The van der Waals surface area contributed by atoms with Gasteiger partial charge in [-0.3, -0.25) is 19.3 Å². The number of nitrogens with zero attached hydrogens (tertiary/aromatic N) is 1. The molecule has 0 aromatic heterocycles. The van der Waals surface area contributed by atoms with Crippen LogP contribution in [0.3, 0.4) is 0 Å². The molecule has 2 aromatic rings. The smallest absolute Gasteiger partial charge is 0.245 e. The van der Waals surface area contributed by atoms with Gasteiger partial charge in [0.05, 0.1) is 11.3 Å². The Morgan fingerprint density at radius 2 is 1.33 bits per heavy atom. The Kier molecular flexibility index (Phi) is 11.1. The predicted molar refractivity (Wildman–Crippen MR) is 152 cm³/mol. The summed E-state index contributed by atoms with van der Waals surface area (Å²) in [4.78, 5) is 41.9. The predicted octanol–water partition coefficient (Wildman–Crippen LogP) is 4.62. The van der Waals surface area contributed by atoms with E-state index in [-0.39, 0.29) is 18.5 Å². The number of amides is 3. The number of carbonyl (C=O) groups excluding carboxylic acids is 3. The quantitative estimate of drug-likeness (QED) is 0.417. The van der Waals surface area contributed by atoms with Crippen LogP contribution in [0.5, 0.6) is 0 Å². The minimum absolute atomic E-state index is 0.152. The monoisotopic (exact) mass is 529 g/mol. The van der Waals surface area contributed by atoms with Crippen molar-refractivity contribution < 1.29 is 14.4 Å². The maximum Gasteiger partial charge on any atom is 0.245 e. The fourth-order valence-electron chi connectivity index (χ4n) is 3.69. The summed E-state index contributed by atoms with van der Waals surface area (Å²) in [5.74, 6) is -0.125. The van der Waals surface area contributed by atoms with E-state index >= 15 is 0 Å². The van der Waals surface area contributed by atoms with E-state index in [0.717, 1.165) is 16.0 Å². The first-order valence-electron chi connectivity index (χ1n) is 12.1. The Labute approximate surface area is 224 Å². The summed E-state index contributed by atoms with van der Waals surface area (Å²) < 4.78 is -1.74. The van der Waals surface area contributed by atoms with E-state index in [1.54, 1.807) is 13.8 Å². The number of nitrogens with one attached hydrogen (secondary N) is 1. The van der Waals surface area contributed by atoms with Gasteiger partial charge in [-0.2, -0.15) is 0 Å². The Balaban J connectivity index is 2.40. The molecule has 0 aliphatic heterocycles. The van der Waals surface area contributed by atoms with Crippen molar-refractivity contribution in [2.24, 2.45) is 5.73 Å². The summed E-state index contributed by atoms with van der Waals surface area (Å²) in [5.41, 5.74) is 7.95. The molecule has 2 rings (SSSR count). The van der Waals surface area contributed by atoms with Gasteiger partial charge in [-0.05, 0) is 52.7 Å². The number of hydrogen-bond donors (Lipinski definition) is 2. The van der Waals surface area contributed by atoms with Gasteiger partial charge in [-0.1, -0.05) is 60.7 Å². The topological polar surface area (TPSA) is 92.5 Å². The SMILES string of the molecule is CC(C)NC(=O)[C@H](N(C(=O)CN)C(=O)C(C)(C)SCc1ccccc1)C(C)(C)SCc1ccccc1. The van der Waals surface area contributed by atoms with Crippen LogP contribution in [-0.4, -0.2) is 50.7 Å². The highest BCUT2D eigenvalue weighted by Crippen LogP contribution is 2.37. The highest BCUT2D eigenvalue weighted by molar-refractivity contribution is 8.00. The second-order valence-electron chi connectivity index (χ2n) is 10.0. The van der Waals surface area contributed by atoms with E-state index in [4.69, 9.17) is 5.73 Å². The number of benzene rings is 2. The average Bonchev–Trinajstić information content (AvgIpc) is 2.84. The normalized spacial score (nSPS) is 12.8. The minimum Gasteiger partial charge on any atom is -0.352 e. The summed E-state index contributed by atoms with van der Waals surface area (Å²) >= 11 is 2.97. The second-order valence-corrected chi connectivity index (χ2v) is 13.2. The van der Waals surface area contributed by atoms with E-state index in [1.165, 1.54) is 23.5 Å². The van der Waals surface area contributed by atoms with Gasteiger partial charge in [0.25, 0.3) is 0 Å². The summed E-state index contributed by atoms with van der Waals surface area (Å²) in [6.07, 6.45) is 0. The third-order valence-corrected chi connectivity index (χ3v) is 8.49.